The zero-order valence-electron chi connectivity index (χ0n) is 16.2. The first kappa shape index (κ1) is 20.5. The van der Waals surface area contributed by atoms with Gasteiger partial charge in [-0.05, 0) is 53.6 Å². The lowest BCUT2D eigenvalue weighted by molar-refractivity contribution is 0.373. The third-order valence-corrected chi connectivity index (χ3v) is 4.67. The van der Waals surface area contributed by atoms with Crippen molar-refractivity contribution >= 4 is 23.0 Å². The Morgan fingerprint density at radius 1 is 0.724 bits per heavy atom. The van der Waals surface area contributed by atoms with Crippen LogP contribution in [0.1, 0.15) is 11.1 Å². The highest BCUT2D eigenvalue weighted by Gasteiger charge is 2.07. The molecule has 0 radical (unpaired) electrons. The molecule has 3 aromatic rings. The first-order chi connectivity index (χ1) is 14.0. The van der Waals surface area contributed by atoms with Gasteiger partial charge in [0.2, 0.25) is 0 Å². The summed E-state index contributed by atoms with van der Waals surface area (Å²) in [7, 11) is 3.03. The van der Waals surface area contributed by atoms with E-state index in [-0.39, 0.29) is 11.5 Å². The van der Waals surface area contributed by atoms with Gasteiger partial charge < -0.3 is 30.3 Å². The number of aromatic hydroxyl groups is 2. The predicted molar refractivity (Wildman–Crippen MR) is 115 cm³/mol. The van der Waals surface area contributed by atoms with Crippen LogP contribution in [-0.2, 0) is 13.1 Å². The monoisotopic (exact) mass is 414 g/mol. The Bertz CT molecular complexity index is 995. The lowest BCUT2D eigenvalue weighted by Crippen LogP contribution is -2.05. The van der Waals surface area contributed by atoms with Gasteiger partial charge in [0.1, 0.15) is 0 Å². The van der Waals surface area contributed by atoms with E-state index in [9.17, 15) is 10.2 Å². The molecule has 0 atom stereocenters. The van der Waals surface area contributed by atoms with Gasteiger partial charge in [0.25, 0.3) is 0 Å². The minimum absolute atomic E-state index is 0.0931. The molecule has 0 heterocycles. The number of hydrogen-bond acceptors (Lipinski definition) is 6. The number of methoxy groups -OCH3 is 2. The van der Waals surface area contributed by atoms with Gasteiger partial charge in [0, 0.05) is 18.1 Å². The molecule has 3 rings (SSSR count). The third kappa shape index (κ3) is 5.18. The number of nitrogens with one attached hydrogen (secondary N) is 2. The Labute approximate surface area is 174 Å². The summed E-state index contributed by atoms with van der Waals surface area (Å²) in [5, 5.41) is 27.2. The van der Waals surface area contributed by atoms with Crippen LogP contribution in [0.25, 0.3) is 0 Å². The van der Waals surface area contributed by atoms with Gasteiger partial charge in [-0.2, -0.15) is 0 Å². The molecule has 0 saturated carbocycles. The van der Waals surface area contributed by atoms with E-state index >= 15 is 0 Å². The number of hydrogen-bond donors (Lipinski definition) is 4. The fourth-order valence-electron chi connectivity index (χ4n) is 2.90. The van der Waals surface area contributed by atoms with Gasteiger partial charge >= 0.3 is 0 Å². The summed E-state index contributed by atoms with van der Waals surface area (Å²) >= 11 is 6.16. The number of anilines is 2. The molecule has 0 aromatic heterocycles. The molecule has 0 spiro atoms. The van der Waals surface area contributed by atoms with E-state index in [0.717, 1.165) is 22.5 Å². The van der Waals surface area contributed by atoms with Crippen LogP contribution in [0.2, 0.25) is 5.02 Å². The van der Waals surface area contributed by atoms with Crippen molar-refractivity contribution in [2.24, 2.45) is 0 Å². The first-order valence-corrected chi connectivity index (χ1v) is 9.37. The van der Waals surface area contributed by atoms with E-state index in [1.165, 1.54) is 14.2 Å². The molecular formula is C22H23ClN2O4. The van der Waals surface area contributed by atoms with Crippen molar-refractivity contribution in [1.29, 1.82) is 0 Å². The van der Waals surface area contributed by atoms with E-state index in [1.807, 2.05) is 24.3 Å². The number of phenols is 2. The topological polar surface area (TPSA) is 83.0 Å². The molecule has 3 aromatic carbocycles. The molecular weight excluding hydrogens is 392 g/mol. The fourth-order valence-corrected chi connectivity index (χ4v) is 3.07. The van der Waals surface area contributed by atoms with Crippen molar-refractivity contribution in [2.75, 3.05) is 24.9 Å². The number of phenolic OH excluding ortho intramolecular Hbond substituents is 2. The Kier molecular flexibility index (Phi) is 6.57. The van der Waals surface area contributed by atoms with E-state index < -0.39 is 0 Å². The third-order valence-electron chi connectivity index (χ3n) is 4.43. The van der Waals surface area contributed by atoms with Crippen molar-refractivity contribution in [3.63, 3.8) is 0 Å². The standard InChI is InChI=1S/C22H23ClN2O4/c1-28-21-7-3-14(9-19(21)26)12-24-17-6-5-16(23)11-18(17)25-13-15-4-8-22(29-2)20(27)10-15/h3-11,24-27H,12-13H2,1-2H3. The average molecular weight is 415 g/mol. The summed E-state index contributed by atoms with van der Waals surface area (Å²) in [6, 6.07) is 16.1. The maximum absolute atomic E-state index is 9.94. The van der Waals surface area contributed by atoms with Crippen LogP contribution in [0.5, 0.6) is 23.0 Å². The van der Waals surface area contributed by atoms with Gasteiger partial charge in [-0.25, -0.2) is 0 Å². The van der Waals surface area contributed by atoms with Crippen LogP contribution in [0.15, 0.2) is 54.6 Å². The van der Waals surface area contributed by atoms with Gasteiger partial charge in [0.15, 0.2) is 23.0 Å². The Morgan fingerprint density at radius 3 is 1.72 bits per heavy atom. The molecule has 7 heteroatoms. The van der Waals surface area contributed by atoms with Crippen LogP contribution in [0.3, 0.4) is 0 Å². The highest BCUT2D eigenvalue weighted by molar-refractivity contribution is 6.31. The molecule has 4 N–H and O–H groups in total. The van der Waals surface area contributed by atoms with Crippen molar-refractivity contribution in [3.8, 4) is 23.0 Å². The summed E-state index contributed by atoms with van der Waals surface area (Å²) in [6.07, 6.45) is 0. The molecule has 152 valence electrons. The number of rotatable bonds is 8. The second-order valence-electron chi connectivity index (χ2n) is 6.41. The zero-order chi connectivity index (χ0) is 20.8. The SMILES string of the molecule is COc1ccc(CNc2ccc(Cl)cc2NCc2ccc(OC)c(O)c2)cc1O. The second-order valence-corrected chi connectivity index (χ2v) is 6.85. The van der Waals surface area contributed by atoms with Crippen molar-refractivity contribution in [1.82, 2.24) is 0 Å². The van der Waals surface area contributed by atoms with Crippen LogP contribution in [-0.4, -0.2) is 24.4 Å². The Hall–Kier alpha value is -3.25. The van der Waals surface area contributed by atoms with Gasteiger partial charge in [-0.15, -0.1) is 0 Å². The van der Waals surface area contributed by atoms with Gasteiger partial charge in [-0.1, -0.05) is 23.7 Å². The highest BCUT2D eigenvalue weighted by Crippen LogP contribution is 2.30. The van der Waals surface area contributed by atoms with Crippen molar-refractivity contribution in [2.45, 2.75) is 13.1 Å². The van der Waals surface area contributed by atoms with E-state index in [1.54, 1.807) is 30.3 Å². The summed E-state index contributed by atoms with van der Waals surface area (Å²) in [6.45, 7) is 1.01. The first-order valence-electron chi connectivity index (χ1n) is 8.99. The molecule has 0 aliphatic rings. The van der Waals surface area contributed by atoms with Crippen molar-refractivity contribution in [3.05, 3.63) is 70.7 Å². The maximum atomic E-state index is 9.94. The lowest BCUT2D eigenvalue weighted by atomic mass is 10.1. The highest BCUT2D eigenvalue weighted by atomic mass is 35.5. The van der Waals surface area contributed by atoms with Crippen LogP contribution < -0.4 is 20.1 Å². The van der Waals surface area contributed by atoms with Gasteiger partial charge in [-0.3, -0.25) is 0 Å². The predicted octanol–water partition coefficient (Wildman–Crippen LogP) is 4.99. The fraction of sp³-hybridized carbons (Fsp3) is 0.182. The van der Waals surface area contributed by atoms with Crippen LogP contribution in [0, 0.1) is 0 Å². The minimum Gasteiger partial charge on any atom is -0.504 e. The molecule has 0 aliphatic heterocycles. The molecule has 0 saturated heterocycles. The van der Waals surface area contributed by atoms with Crippen LogP contribution in [0.4, 0.5) is 11.4 Å². The molecule has 0 amide bonds. The summed E-state index contributed by atoms with van der Waals surface area (Å²) in [5.74, 6) is 1.06. The molecule has 0 aliphatic carbocycles. The second kappa shape index (κ2) is 9.30. The van der Waals surface area contributed by atoms with E-state index in [4.69, 9.17) is 21.1 Å². The quantitative estimate of drug-likeness (QED) is 0.415. The molecule has 0 bridgehead atoms. The van der Waals surface area contributed by atoms with Crippen LogP contribution >= 0.6 is 11.6 Å². The van der Waals surface area contributed by atoms with Crippen molar-refractivity contribution < 1.29 is 19.7 Å². The molecule has 0 fully saturated rings. The number of halogens is 1. The summed E-state index contributed by atoms with van der Waals surface area (Å²) < 4.78 is 10.1. The summed E-state index contributed by atoms with van der Waals surface area (Å²) in [5.41, 5.74) is 3.49. The molecule has 29 heavy (non-hydrogen) atoms. The molecule has 0 unspecified atom stereocenters. The Balaban J connectivity index is 1.70. The normalized spacial score (nSPS) is 10.4. The lowest BCUT2D eigenvalue weighted by Gasteiger charge is -2.15. The molecule has 6 nitrogen and oxygen atoms in total. The minimum atomic E-state index is 0.0931. The average Bonchev–Trinajstić information content (AvgIpc) is 2.71. The number of ether oxygens (including phenoxy) is 2. The zero-order valence-corrected chi connectivity index (χ0v) is 17.0. The van der Waals surface area contributed by atoms with E-state index in [2.05, 4.69) is 10.6 Å². The largest absolute Gasteiger partial charge is 0.504 e. The van der Waals surface area contributed by atoms with E-state index in [0.29, 0.717) is 29.6 Å². The number of benzene rings is 3. The Morgan fingerprint density at radius 2 is 1.24 bits per heavy atom. The maximum Gasteiger partial charge on any atom is 0.160 e. The smallest absolute Gasteiger partial charge is 0.160 e. The van der Waals surface area contributed by atoms with Gasteiger partial charge in [0.05, 0.1) is 25.6 Å². The summed E-state index contributed by atoms with van der Waals surface area (Å²) in [4.78, 5) is 0.